The highest BCUT2D eigenvalue weighted by atomic mass is 35.5. The first kappa shape index (κ1) is 26.9. The first-order chi connectivity index (χ1) is 20.9. The second-order valence-corrected chi connectivity index (χ2v) is 11.2. The summed E-state index contributed by atoms with van der Waals surface area (Å²) < 4.78 is 10.4. The number of hydrogen-bond donors (Lipinski definition) is 1. The van der Waals surface area contributed by atoms with Crippen molar-refractivity contribution in [2.75, 3.05) is 23.9 Å². The lowest BCUT2D eigenvalue weighted by Gasteiger charge is -2.45. The summed E-state index contributed by atoms with van der Waals surface area (Å²) in [4.78, 5) is 54.2. The lowest BCUT2D eigenvalue weighted by atomic mass is 9.55. The number of ether oxygens (including phenoxy) is 2. The normalized spacial score (nSPS) is 21.1. The van der Waals surface area contributed by atoms with Crippen LogP contribution in [0, 0.1) is 11.8 Å². The summed E-state index contributed by atoms with van der Waals surface area (Å²) >= 11 is 6.00. The van der Waals surface area contributed by atoms with Crippen LogP contribution < -0.4 is 15.0 Å². The molecule has 1 N–H and O–H groups in total. The van der Waals surface area contributed by atoms with Crippen molar-refractivity contribution in [3.05, 3.63) is 124 Å². The van der Waals surface area contributed by atoms with Gasteiger partial charge in [0.1, 0.15) is 5.75 Å². The van der Waals surface area contributed by atoms with Crippen LogP contribution in [0.5, 0.6) is 5.75 Å². The standard InChI is InChI=1S/C34H25ClN2O6/c1-42-26-15-12-19(35)16-25(26)36-27(38)17-43-34(41)18-10-13-20(14-11-18)37-32(39)30-28-21-6-2-3-7-22(21)29(31(30)33(37)40)24-9-5-4-8-23(24)28/h2-16,28-31H,17H2,1H3,(H,36,38)/t28?,29?,30-,31+. The highest BCUT2D eigenvalue weighted by Crippen LogP contribution is 2.61. The van der Waals surface area contributed by atoms with Gasteiger partial charge in [0.05, 0.1) is 35.9 Å². The molecule has 2 bridgehead atoms. The molecule has 9 heteroatoms. The Kier molecular flexibility index (Phi) is 6.51. The molecule has 214 valence electrons. The zero-order valence-electron chi connectivity index (χ0n) is 23.0. The van der Waals surface area contributed by atoms with Gasteiger partial charge in [-0.1, -0.05) is 60.1 Å². The van der Waals surface area contributed by atoms with Gasteiger partial charge < -0.3 is 14.8 Å². The number of rotatable bonds is 6. The van der Waals surface area contributed by atoms with Crippen LogP contribution in [-0.4, -0.2) is 37.4 Å². The first-order valence-corrected chi connectivity index (χ1v) is 14.2. The Morgan fingerprint density at radius 3 is 1.84 bits per heavy atom. The smallest absolute Gasteiger partial charge is 0.338 e. The molecule has 1 aliphatic heterocycles. The molecular weight excluding hydrogens is 568 g/mol. The van der Waals surface area contributed by atoms with Crippen LogP contribution >= 0.6 is 11.6 Å². The minimum atomic E-state index is -0.726. The summed E-state index contributed by atoms with van der Waals surface area (Å²) in [5.74, 6) is -2.75. The molecule has 3 amide bonds. The Labute approximate surface area is 252 Å². The van der Waals surface area contributed by atoms with Gasteiger partial charge >= 0.3 is 5.97 Å². The van der Waals surface area contributed by atoms with Gasteiger partial charge in [-0.25, -0.2) is 9.69 Å². The molecule has 0 saturated carbocycles. The molecule has 1 heterocycles. The molecule has 8 nitrogen and oxygen atoms in total. The molecular formula is C34H25ClN2O6. The number of anilines is 2. The molecule has 43 heavy (non-hydrogen) atoms. The number of halogens is 1. The molecule has 3 aliphatic carbocycles. The Morgan fingerprint density at radius 2 is 1.33 bits per heavy atom. The van der Waals surface area contributed by atoms with Gasteiger partial charge in [0.2, 0.25) is 11.8 Å². The number of carbonyl (C=O) groups is 4. The van der Waals surface area contributed by atoms with Crippen LogP contribution in [0.1, 0.15) is 44.4 Å². The van der Waals surface area contributed by atoms with Gasteiger partial charge in [0.25, 0.3) is 5.91 Å². The largest absolute Gasteiger partial charge is 0.495 e. The van der Waals surface area contributed by atoms with E-state index in [0.717, 1.165) is 22.3 Å². The third-order valence-corrected chi connectivity index (χ3v) is 8.81. The predicted octanol–water partition coefficient (Wildman–Crippen LogP) is 5.54. The molecule has 2 atom stereocenters. The summed E-state index contributed by atoms with van der Waals surface area (Å²) in [7, 11) is 1.46. The summed E-state index contributed by atoms with van der Waals surface area (Å²) in [6.07, 6.45) is 0. The molecule has 1 fully saturated rings. The van der Waals surface area contributed by atoms with Crippen LogP contribution in [-0.2, 0) is 19.1 Å². The monoisotopic (exact) mass is 592 g/mol. The maximum absolute atomic E-state index is 13.9. The second kappa shape index (κ2) is 10.4. The average Bonchev–Trinajstić information content (AvgIpc) is 3.30. The molecule has 4 aliphatic rings. The topological polar surface area (TPSA) is 102 Å². The zero-order valence-corrected chi connectivity index (χ0v) is 23.7. The number of nitrogens with zero attached hydrogens (tertiary/aromatic N) is 1. The summed E-state index contributed by atoms with van der Waals surface area (Å²) in [5, 5.41) is 3.01. The van der Waals surface area contributed by atoms with E-state index in [1.807, 2.05) is 24.3 Å². The molecule has 8 rings (SSSR count). The molecule has 1 saturated heterocycles. The van der Waals surface area contributed by atoms with E-state index >= 15 is 0 Å². The van der Waals surface area contributed by atoms with Gasteiger partial charge in [0.15, 0.2) is 6.61 Å². The molecule has 0 radical (unpaired) electrons. The Hall–Kier alpha value is -4.95. The summed E-state index contributed by atoms with van der Waals surface area (Å²) in [5.41, 5.74) is 5.32. The van der Waals surface area contributed by atoms with E-state index in [2.05, 4.69) is 29.6 Å². The Bertz CT molecular complexity index is 1700. The van der Waals surface area contributed by atoms with E-state index in [1.54, 1.807) is 24.3 Å². The van der Waals surface area contributed by atoms with E-state index in [4.69, 9.17) is 21.1 Å². The van der Waals surface area contributed by atoms with Crippen molar-refractivity contribution in [1.29, 1.82) is 0 Å². The quantitative estimate of drug-likeness (QED) is 0.233. The van der Waals surface area contributed by atoms with E-state index < -0.39 is 30.3 Å². The molecule has 4 aromatic carbocycles. The van der Waals surface area contributed by atoms with Crippen molar-refractivity contribution in [2.45, 2.75) is 11.8 Å². The van der Waals surface area contributed by atoms with Gasteiger partial charge in [-0.05, 0) is 64.7 Å². The third-order valence-electron chi connectivity index (χ3n) is 8.58. The fourth-order valence-corrected chi connectivity index (χ4v) is 7.03. The lowest BCUT2D eigenvalue weighted by molar-refractivity contribution is -0.122. The summed E-state index contributed by atoms with van der Waals surface area (Å²) in [6, 6.07) is 27.0. The van der Waals surface area contributed by atoms with Crippen LogP contribution in [0.3, 0.4) is 0 Å². The average molecular weight is 593 g/mol. The number of hydrogen-bond acceptors (Lipinski definition) is 6. The fraction of sp³-hybridized carbons (Fsp3) is 0.176. The maximum atomic E-state index is 13.9. The van der Waals surface area contributed by atoms with Crippen molar-refractivity contribution in [3.63, 3.8) is 0 Å². The number of carbonyl (C=O) groups excluding carboxylic acids is 4. The van der Waals surface area contributed by atoms with E-state index in [1.165, 1.54) is 30.2 Å². The van der Waals surface area contributed by atoms with Crippen LogP contribution in [0.25, 0.3) is 0 Å². The third kappa shape index (κ3) is 4.29. The van der Waals surface area contributed by atoms with E-state index in [0.29, 0.717) is 22.1 Å². The van der Waals surface area contributed by atoms with Gasteiger partial charge in [-0.2, -0.15) is 0 Å². The first-order valence-electron chi connectivity index (χ1n) is 13.8. The second-order valence-electron chi connectivity index (χ2n) is 10.8. The minimum Gasteiger partial charge on any atom is -0.495 e. The van der Waals surface area contributed by atoms with E-state index in [-0.39, 0.29) is 29.2 Å². The van der Waals surface area contributed by atoms with Crippen molar-refractivity contribution >= 4 is 46.7 Å². The number of amides is 3. The number of imide groups is 1. The molecule has 0 unspecified atom stereocenters. The number of methoxy groups -OCH3 is 1. The van der Waals surface area contributed by atoms with Gasteiger partial charge in [-0.3, -0.25) is 14.4 Å². The van der Waals surface area contributed by atoms with Crippen LogP contribution in [0.15, 0.2) is 91.0 Å². The predicted molar refractivity (Wildman–Crippen MR) is 159 cm³/mol. The summed E-state index contributed by atoms with van der Waals surface area (Å²) in [6.45, 7) is -0.535. The van der Waals surface area contributed by atoms with E-state index in [9.17, 15) is 19.2 Å². The van der Waals surface area contributed by atoms with Crippen LogP contribution in [0.4, 0.5) is 11.4 Å². The number of nitrogens with one attached hydrogen (secondary N) is 1. The molecule has 0 spiro atoms. The lowest BCUT2D eigenvalue weighted by Crippen LogP contribution is -2.41. The van der Waals surface area contributed by atoms with Crippen molar-refractivity contribution in [2.24, 2.45) is 11.8 Å². The number of benzene rings is 4. The highest BCUT2D eigenvalue weighted by Gasteiger charge is 2.61. The SMILES string of the molecule is COc1ccc(Cl)cc1NC(=O)COC(=O)c1ccc(N2C(=O)[C@@H]3C4c5ccccc5C(c5ccccc54)[C@@H]3C2=O)cc1. The van der Waals surface area contributed by atoms with Gasteiger partial charge in [-0.15, -0.1) is 0 Å². The van der Waals surface area contributed by atoms with Crippen molar-refractivity contribution < 1.29 is 28.7 Å². The maximum Gasteiger partial charge on any atom is 0.338 e. The van der Waals surface area contributed by atoms with Crippen molar-refractivity contribution in [1.82, 2.24) is 0 Å². The zero-order chi connectivity index (χ0) is 29.8. The number of esters is 1. The van der Waals surface area contributed by atoms with Crippen LogP contribution in [0.2, 0.25) is 5.02 Å². The molecule has 0 aromatic heterocycles. The van der Waals surface area contributed by atoms with Crippen molar-refractivity contribution in [3.8, 4) is 5.75 Å². The van der Waals surface area contributed by atoms with Gasteiger partial charge in [0, 0.05) is 16.9 Å². The minimum absolute atomic E-state index is 0.174. The Morgan fingerprint density at radius 1 is 0.791 bits per heavy atom. The fourth-order valence-electron chi connectivity index (χ4n) is 6.86. The highest BCUT2D eigenvalue weighted by molar-refractivity contribution is 6.31. The Balaban J connectivity index is 1.08. The molecule has 4 aromatic rings.